The number of nitrogens with one attached hydrogen (secondary N) is 1. The first-order valence-electron chi connectivity index (χ1n) is 7.06. The fraction of sp³-hybridized carbons (Fsp3) is 0.562. The largest absolute Gasteiger partial charge is 0.354 e. The lowest BCUT2D eigenvalue weighted by Gasteiger charge is -2.24. The molecule has 0 saturated carbocycles. The number of halogens is 1. The molecule has 2 rings (SSSR count). The number of carbonyl (C=O) groups excluding carboxylic acids is 1. The van der Waals surface area contributed by atoms with Crippen LogP contribution in [0, 0.1) is 11.8 Å². The van der Waals surface area contributed by atoms with Crippen LogP contribution in [0.25, 0.3) is 0 Å². The van der Waals surface area contributed by atoms with E-state index in [1.165, 1.54) is 11.1 Å². The molecule has 2 atom stereocenters. The molecule has 0 bridgehead atoms. The van der Waals surface area contributed by atoms with Crippen LogP contribution in [-0.4, -0.2) is 17.8 Å². The molecule has 0 saturated heterocycles. The van der Waals surface area contributed by atoms with Gasteiger partial charge in [0.15, 0.2) is 0 Å². The Balaban J connectivity index is 1.89. The highest BCUT2D eigenvalue weighted by Gasteiger charge is 2.24. The number of fused-ring (bicyclic) bond motifs is 1. The van der Waals surface area contributed by atoms with Crippen molar-refractivity contribution in [1.82, 2.24) is 5.32 Å². The van der Waals surface area contributed by atoms with Gasteiger partial charge in [-0.15, -0.1) is 11.6 Å². The molecule has 104 valence electrons. The first kappa shape index (κ1) is 14.4. The van der Waals surface area contributed by atoms with Gasteiger partial charge in [0.2, 0.25) is 5.91 Å². The Morgan fingerprint density at radius 3 is 2.74 bits per heavy atom. The first-order chi connectivity index (χ1) is 9.08. The van der Waals surface area contributed by atoms with Crippen LogP contribution in [0.15, 0.2) is 24.3 Å². The average molecular weight is 280 g/mol. The predicted octanol–water partition coefficient (Wildman–Crippen LogP) is 3.17. The maximum absolute atomic E-state index is 12.2. The van der Waals surface area contributed by atoms with E-state index >= 15 is 0 Å². The molecule has 0 aromatic heterocycles. The molecule has 1 aliphatic rings. The van der Waals surface area contributed by atoms with Gasteiger partial charge >= 0.3 is 0 Å². The Kier molecular flexibility index (Phi) is 4.87. The second-order valence-electron chi connectivity index (χ2n) is 5.71. The molecule has 1 aliphatic carbocycles. The van der Waals surface area contributed by atoms with Gasteiger partial charge in [-0.2, -0.15) is 0 Å². The van der Waals surface area contributed by atoms with Crippen molar-refractivity contribution in [3.63, 3.8) is 0 Å². The summed E-state index contributed by atoms with van der Waals surface area (Å²) in [5.74, 6) is 0.640. The fourth-order valence-corrected chi connectivity index (χ4v) is 2.58. The number of aryl methyl sites for hydroxylation is 1. The summed E-state index contributed by atoms with van der Waals surface area (Å²) in [6.45, 7) is 4.71. The standard InChI is InChI=1S/C16H22ClNO/c1-11(2)15(17)10-18-16(19)14-8-7-12-5-3-4-6-13(12)9-14/h3-6,11,14-15H,7-10H2,1-2H3,(H,18,19). The van der Waals surface area contributed by atoms with Crippen LogP contribution in [0.2, 0.25) is 0 Å². The number of hydrogen-bond donors (Lipinski definition) is 1. The minimum absolute atomic E-state index is 0.0137. The molecule has 2 unspecified atom stereocenters. The fourth-order valence-electron chi connectivity index (χ4n) is 2.50. The molecular weight excluding hydrogens is 258 g/mol. The highest BCUT2D eigenvalue weighted by atomic mass is 35.5. The number of alkyl halides is 1. The Hall–Kier alpha value is -1.02. The molecule has 19 heavy (non-hydrogen) atoms. The van der Waals surface area contributed by atoms with E-state index in [2.05, 4.69) is 37.4 Å². The van der Waals surface area contributed by atoms with Gasteiger partial charge in [-0.1, -0.05) is 38.1 Å². The number of benzene rings is 1. The topological polar surface area (TPSA) is 29.1 Å². The van der Waals surface area contributed by atoms with E-state index in [4.69, 9.17) is 11.6 Å². The van der Waals surface area contributed by atoms with Gasteiger partial charge in [0.05, 0.1) is 5.38 Å². The molecule has 2 nitrogen and oxygen atoms in total. The number of carbonyl (C=O) groups is 1. The van der Waals surface area contributed by atoms with E-state index in [1.807, 2.05) is 6.07 Å². The normalized spacial score (nSPS) is 19.9. The summed E-state index contributed by atoms with van der Waals surface area (Å²) in [7, 11) is 0. The lowest BCUT2D eigenvalue weighted by Crippen LogP contribution is -2.38. The summed E-state index contributed by atoms with van der Waals surface area (Å²) >= 11 is 6.17. The number of amides is 1. The highest BCUT2D eigenvalue weighted by Crippen LogP contribution is 2.25. The van der Waals surface area contributed by atoms with Gasteiger partial charge in [-0.05, 0) is 36.3 Å². The predicted molar refractivity (Wildman–Crippen MR) is 79.4 cm³/mol. The minimum atomic E-state index is 0.0137. The monoisotopic (exact) mass is 279 g/mol. The van der Waals surface area contributed by atoms with Gasteiger partial charge in [0.25, 0.3) is 0 Å². The molecule has 0 spiro atoms. The molecular formula is C16H22ClNO. The van der Waals surface area contributed by atoms with Gasteiger partial charge in [-0.25, -0.2) is 0 Å². The number of rotatable bonds is 4. The second kappa shape index (κ2) is 6.42. The van der Waals surface area contributed by atoms with E-state index in [9.17, 15) is 4.79 Å². The van der Waals surface area contributed by atoms with Gasteiger partial charge in [0.1, 0.15) is 0 Å². The van der Waals surface area contributed by atoms with E-state index in [1.54, 1.807) is 0 Å². The summed E-state index contributed by atoms with van der Waals surface area (Å²) in [4.78, 5) is 12.2. The molecule has 0 heterocycles. The molecule has 3 heteroatoms. The van der Waals surface area contributed by atoms with E-state index < -0.39 is 0 Å². The van der Waals surface area contributed by atoms with Crippen molar-refractivity contribution in [1.29, 1.82) is 0 Å². The van der Waals surface area contributed by atoms with Crippen molar-refractivity contribution in [3.05, 3.63) is 35.4 Å². The maximum atomic E-state index is 12.2. The number of hydrogen-bond acceptors (Lipinski definition) is 1. The van der Waals surface area contributed by atoms with Crippen LogP contribution in [0.3, 0.4) is 0 Å². The van der Waals surface area contributed by atoms with Crippen LogP contribution in [0.4, 0.5) is 0 Å². The lowest BCUT2D eigenvalue weighted by molar-refractivity contribution is -0.125. The molecule has 1 aromatic carbocycles. The average Bonchev–Trinajstić information content (AvgIpc) is 2.43. The molecule has 1 amide bonds. The molecule has 1 N–H and O–H groups in total. The van der Waals surface area contributed by atoms with Crippen molar-refractivity contribution in [2.45, 2.75) is 38.5 Å². The van der Waals surface area contributed by atoms with Crippen LogP contribution in [-0.2, 0) is 17.6 Å². The van der Waals surface area contributed by atoms with Crippen molar-refractivity contribution >= 4 is 17.5 Å². The summed E-state index contributed by atoms with van der Waals surface area (Å²) in [5, 5.41) is 3.01. The van der Waals surface area contributed by atoms with E-state index in [0.29, 0.717) is 12.5 Å². The summed E-state index contributed by atoms with van der Waals surface area (Å²) in [5.41, 5.74) is 2.71. The van der Waals surface area contributed by atoms with Gasteiger partial charge < -0.3 is 5.32 Å². The second-order valence-corrected chi connectivity index (χ2v) is 6.27. The van der Waals surface area contributed by atoms with E-state index in [-0.39, 0.29) is 17.2 Å². The van der Waals surface area contributed by atoms with Crippen molar-refractivity contribution in [2.24, 2.45) is 11.8 Å². The zero-order valence-corrected chi connectivity index (χ0v) is 12.4. The van der Waals surface area contributed by atoms with Crippen LogP contribution < -0.4 is 5.32 Å². The maximum Gasteiger partial charge on any atom is 0.223 e. The van der Waals surface area contributed by atoms with Crippen LogP contribution in [0.1, 0.15) is 31.4 Å². The van der Waals surface area contributed by atoms with Crippen molar-refractivity contribution in [2.75, 3.05) is 6.54 Å². The van der Waals surface area contributed by atoms with Gasteiger partial charge in [-0.3, -0.25) is 4.79 Å². The van der Waals surface area contributed by atoms with E-state index in [0.717, 1.165) is 19.3 Å². The zero-order valence-electron chi connectivity index (χ0n) is 11.7. The summed E-state index contributed by atoms with van der Waals surface area (Å²) in [6, 6.07) is 8.41. The Bertz CT molecular complexity index is 444. The van der Waals surface area contributed by atoms with Crippen molar-refractivity contribution in [3.8, 4) is 0 Å². The third-order valence-electron chi connectivity index (χ3n) is 3.91. The van der Waals surface area contributed by atoms with Crippen LogP contribution in [0.5, 0.6) is 0 Å². The quantitative estimate of drug-likeness (QED) is 0.843. The third kappa shape index (κ3) is 3.73. The first-order valence-corrected chi connectivity index (χ1v) is 7.50. The third-order valence-corrected chi connectivity index (χ3v) is 4.57. The molecule has 0 fully saturated rings. The minimum Gasteiger partial charge on any atom is -0.354 e. The lowest BCUT2D eigenvalue weighted by atomic mass is 9.83. The SMILES string of the molecule is CC(C)C(Cl)CNC(=O)C1CCc2ccccc2C1. The van der Waals surface area contributed by atoms with Crippen LogP contribution >= 0.6 is 11.6 Å². The Labute approximate surface area is 120 Å². The van der Waals surface area contributed by atoms with Crippen molar-refractivity contribution < 1.29 is 4.79 Å². The summed E-state index contributed by atoms with van der Waals surface area (Å²) in [6.07, 6.45) is 2.80. The van der Waals surface area contributed by atoms with Gasteiger partial charge in [0, 0.05) is 12.5 Å². The zero-order chi connectivity index (χ0) is 13.8. The summed E-state index contributed by atoms with van der Waals surface area (Å²) < 4.78 is 0. The highest BCUT2D eigenvalue weighted by molar-refractivity contribution is 6.21. The Morgan fingerprint density at radius 2 is 2.05 bits per heavy atom. The molecule has 0 aliphatic heterocycles. The molecule has 1 aromatic rings. The molecule has 0 radical (unpaired) electrons. The Morgan fingerprint density at radius 1 is 1.37 bits per heavy atom. The smallest absolute Gasteiger partial charge is 0.223 e.